The number of carbonyl (C=O) groups is 1. The first-order valence-corrected chi connectivity index (χ1v) is 8.30. The highest BCUT2D eigenvalue weighted by Crippen LogP contribution is 2.68. The summed E-state index contributed by atoms with van der Waals surface area (Å²) in [6.07, 6.45) is 3.00. The fraction of sp³-hybridized carbons (Fsp3) is 0.923. The van der Waals surface area contributed by atoms with Crippen LogP contribution in [0, 0.1) is 22.7 Å². The van der Waals surface area contributed by atoms with Gasteiger partial charge in [0.1, 0.15) is 12.4 Å². The van der Waals surface area contributed by atoms with E-state index in [1.165, 1.54) is 0 Å². The lowest BCUT2D eigenvalue weighted by molar-refractivity contribution is -0.153. The highest BCUT2D eigenvalue weighted by atomic mass is 32.2. The summed E-state index contributed by atoms with van der Waals surface area (Å²) in [5.41, 5.74) is 0.0621. The Kier molecular flexibility index (Phi) is 3.46. The number of hydrogen-bond acceptors (Lipinski definition) is 4. The van der Waals surface area contributed by atoms with Crippen molar-refractivity contribution < 1.29 is 22.5 Å². The van der Waals surface area contributed by atoms with E-state index in [4.69, 9.17) is 9.29 Å². The molecule has 0 aliphatic heterocycles. The molecule has 0 aromatic carbocycles. The zero-order chi connectivity index (χ0) is 14.5. The summed E-state index contributed by atoms with van der Waals surface area (Å²) in [5.74, 6) is -0.463. The van der Waals surface area contributed by atoms with Gasteiger partial charge in [-0.1, -0.05) is 20.8 Å². The van der Waals surface area contributed by atoms with Crippen LogP contribution >= 0.6 is 0 Å². The van der Waals surface area contributed by atoms with Crippen LogP contribution in [0.4, 0.5) is 0 Å². The number of carbonyl (C=O) groups excluding carboxylic acids is 1. The quantitative estimate of drug-likeness (QED) is 0.631. The zero-order valence-corrected chi connectivity index (χ0v) is 12.5. The van der Waals surface area contributed by atoms with Gasteiger partial charge >= 0.3 is 5.97 Å². The summed E-state index contributed by atoms with van der Waals surface area (Å²) < 4.78 is 34.8. The molecule has 2 rings (SSSR count). The molecule has 0 amide bonds. The summed E-state index contributed by atoms with van der Waals surface area (Å²) >= 11 is 0. The third-order valence-corrected chi connectivity index (χ3v) is 6.35. The maximum atomic E-state index is 12.1. The van der Waals surface area contributed by atoms with E-state index >= 15 is 0 Å². The van der Waals surface area contributed by atoms with E-state index in [0.29, 0.717) is 5.92 Å². The molecule has 19 heavy (non-hydrogen) atoms. The summed E-state index contributed by atoms with van der Waals surface area (Å²) in [5, 5.41) is 0. The molecule has 3 unspecified atom stereocenters. The molecule has 3 atom stereocenters. The molecule has 0 radical (unpaired) electrons. The van der Waals surface area contributed by atoms with Gasteiger partial charge < -0.3 is 4.74 Å². The molecule has 110 valence electrons. The fourth-order valence-corrected chi connectivity index (χ4v) is 4.20. The van der Waals surface area contributed by atoms with Crippen LogP contribution in [-0.4, -0.2) is 31.3 Å². The van der Waals surface area contributed by atoms with Gasteiger partial charge in [0.05, 0.1) is 5.92 Å². The van der Waals surface area contributed by atoms with Gasteiger partial charge in [-0.15, -0.1) is 0 Å². The monoisotopic (exact) mass is 290 g/mol. The van der Waals surface area contributed by atoms with Gasteiger partial charge in [0.15, 0.2) is 0 Å². The molecule has 0 heterocycles. The second-order valence-electron chi connectivity index (χ2n) is 6.62. The van der Waals surface area contributed by atoms with E-state index in [9.17, 15) is 13.2 Å². The van der Waals surface area contributed by atoms with E-state index in [1.807, 2.05) is 0 Å². The maximum absolute atomic E-state index is 12.1. The Labute approximate surface area is 114 Å². The Hall–Kier alpha value is -0.620. The Balaban J connectivity index is 1.99. The average molecular weight is 290 g/mol. The number of fused-ring (bicyclic) bond motifs is 2. The third kappa shape index (κ3) is 2.40. The molecular formula is C13H22O5S. The van der Waals surface area contributed by atoms with Gasteiger partial charge in [0.25, 0.3) is 10.1 Å². The molecule has 0 spiro atoms. The van der Waals surface area contributed by atoms with Crippen LogP contribution in [0.1, 0.15) is 40.0 Å². The average Bonchev–Trinajstić information content (AvgIpc) is 2.58. The van der Waals surface area contributed by atoms with E-state index in [-0.39, 0.29) is 29.3 Å². The van der Waals surface area contributed by atoms with Crippen LogP contribution in [0.25, 0.3) is 0 Å². The minimum absolute atomic E-state index is 0.0627. The summed E-state index contributed by atoms with van der Waals surface area (Å²) in [7, 11) is -4.07. The zero-order valence-electron chi connectivity index (χ0n) is 11.7. The van der Waals surface area contributed by atoms with Crippen LogP contribution in [-0.2, 0) is 19.6 Å². The Bertz CT molecular complexity index is 481. The highest BCUT2D eigenvalue weighted by molar-refractivity contribution is 7.85. The first-order chi connectivity index (χ1) is 8.58. The maximum Gasteiger partial charge on any atom is 0.309 e. The largest absolute Gasteiger partial charge is 0.464 e. The van der Waals surface area contributed by atoms with Crippen molar-refractivity contribution in [3.8, 4) is 0 Å². The first-order valence-electron chi connectivity index (χ1n) is 6.70. The lowest BCUT2D eigenvalue weighted by Gasteiger charge is -2.38. The summed E-state index contributed by atoms with van der Waals surface area (Å²) in [6.45, 7) is 6.27. The lowest BCUT2D eigenvalue weighted by Crippen LogP contribution is -2.37. The van der Waals surface area contributed by atoms with Gasteiger partial charge in [-0.05, 0) is 36.0 Å². The second-order valence-corrected chi connectivity index (χ2v) is 8.19. The summed E-state index contributed by atoms with van der Waals surface area (Å²) in [4.78, 5) is 12.1. The molecule has 2 saturated carbocycles. The second kappa shape index (κ2) is 4.45. The Morgan fingerprint density at radius 1 is 1.37 bits per heavy atom. The highest BCUT2D eigenvalue weighted by Gasteiger charge is 2.63. The lowest BCUT2D eigenvalue weighted by atomic mass is 9.67. The van der Waals surface area contributed by atoms with Crippen molar-refractivity contribution in [1.82, 2.24) is 0 Å². The van der Waals surface area contributed by atoms with Gasteiger partial charge in [-0.25, -0.2) is 0 Å². The number of rotatable bonds is 4. The molecule has 1 N–H and O–H groups in total. The molecule has 5 nitrogen and oxygen atoms in total. The van der Waals surface area contributed by atoms with Gasteiger partial charge in [0, 0.05) is 0 Å². The number of hydrogen-bond donors (Lipinski definition) is 1. The molecule has 2 aliphatic carbocycles. The van der Waals surface area contributed by atoms with Gasteiger partial charge in [-0.2, -0.15) is 8.42 Å². The predicted octanol–water partition coefficient (Wildman–Crippen LogP) is 1.88. The van der Waals surface area contributed by atoms with E-state index in [1.54, 1.807) is 0 Å². The minimum atomic E-state index is -4.07. The fourth-order valence-electron chi connectivity index (χ4n) is 3.91. The Morgan fingerprint density at radius 3 is 2.42 bits per heavy atom. The standard InChI is InChI=1S/C13H22O5S/c1-12(2)9-4-5-13(12,3)10(8-9)11(14)18-6-7-19(15,16)17/h9-10H,4-8H2,1-3H3,(H,15,16,17). The Morgan fingerprint density at radius 2 is 2.00 bits per heavy atom. The topological polar surface area (TPSA) is 80.7 Å². The van der Waals surface area contributed by atoms with Crippen LogP contribution < -0.4 is 0 Å². The van der Waals surface area contributed by atoms with Crippen LogP contribution in [0.5, 0.6) is 0 Å². The van der Waals surface area contributed by atoms with Crippen molar-refractivity contribution >= 4 is 16.1 Å². The van der Waals surface area contributed by atoms with Crippen molar-refractivity contribution in [2.75, 3.05) is 12.4 Å². The molecular weight excluding hydrogens is 268 g/mol. The van der Waals surface area contributed by atoms with Crippen LogP contribution in [0.15, 0.2) is 0 Å². The van der Waals surface area contributed by atoms with E-state index < -0.39 is 15.9 Å². The van der Waals surface area contributed by atoms with Crippen LogP contribution in [0.3, 0.4) is 0 Å². The van der Waals surface area contributed by atoms with Crippen molar-refractivity contribution in [3.63, 3.8) is 0 Å². The predicted molar refractivity (Wildman–Crippen MR) is 70.1 cm³/mol. The van der Waals surface area contributed by atoms with Crippen molar-refractivity contribution in [2.45, 2.75) is 40.0 Å². The number of ether oxygens (including phenoxy) is 1. The van der Waals surface area contributed by atoms with Crippen molar-refractivity contribution in [1.29, 1.82) is 0 Å². The first kappa shape index (κ1) is 14.8. The van der Waals surface area contributed by atoms with Gasteiger partial charge in [0.2, 0.25) is 0 Å². The third-order valence-electron chi connectivity index (χ3n) is 5.66. The SMILES string of the molecule is CC1(C)C2CCC1(C)C(C(=O)OCCS(=O)(=O)O)C2. The van der Waals surface area contributed by atoms with Crippen molar-refractivity contribution in [2.24, 2.45) is 22.7 Å². The van der Waals surface area contributed by atoms with Crippen LogP contribution in [0.2, 0.25) is 0 Å². The molecule has 0 aromatic heterocycles. The molecule has 2 aliphatic rings. The van der Waals surface area contributed by atoms with Crippen molar-refractivity contribution in [3.05, 3.63) is 0 Å². The molecule has 0 aromatic rings. The molecule has 0 saturated heterocycles. The molecule has 6 heteroatoms. The molecule has 2 bridgehead atoms. The normalized spacial score (nSPS) is 36.4. The smallest absolute Gasteiger partial charge is 0.309 e. The van der Waals surface area contributed by atoms with Gasteiger partial charge in [-0.3, -0.25) is 9.35 Å². The number of esters is 1. The minimum Gasteiger partial charge on any atom is -0.464 e. The van der Waals surface area contributed by atoms with E-state index in [0.717, 1.165) is 19.3 Å². The van der Waals surface area contributed by atoms with E-state index in [2.05, 4.69) is 20.8 Å². The summed E-state index contributed by atoms with van der Waals surface area (Å²) in [6, 6.07) is 0. The molecule has 2 fully saturated rings.